The summed E-state index contributed by atoms with van der Waals surface area (Å²) >= 11 is 0. The minimum atomic E-state index is -1.77. The van der Waals surface area contributed by atoms with Gasteiger partial charge in [-0.15, -0.1) is 0 Å². The van der Waals surface area contributed by atoms with Crippen LogP contribution in [0.3, 0.4) is 0 Å². The van der Waals surface area contributed by atoms with Crippen molar-refractivity contribution in [1.82, 2.24) is 51.1 Å². The topological polar surface area (TPSA) is 354 Å². The number of esters is 1. The Balaban J connectivity index is 1.28. The molecule has 26 nitrogen and oxygen atoms in total. The summed E-state index contributed by atoms with van der Waals surface area (Å²) in [5.41, 5.74) is 1.11. The van der Waals surface area contributed by atoms with Crippen molar-refractivity contribution < 1.29 is 77.9 Å². The lowest BCUT2D eigenvalue weighted by molar-refractivity contribution is -0.158. The number of likely N-dealkylation sites (N-methyl/N-ethyl adjacent to an activating group) is 1. The Hall–Kier alpha value is -7.71. The SMILES string of the molecule is CCC(C)C1NC(=O)C(CC(C)C)NC(=O)C2CCCN2C(=O)C(NC(=O)C(Cc2ccccc2)N(C)C(C)=O)COC(=O)C2CC(C)CN2C(=O)C2CC(O)CN2C(=O)C2CC(O)CN2C(=O)C(CO)NC(=O)C(Cc2ccc(O)cc2)NC1=O. The molecule has 9 N–H and O–H groups in total. The molecule has 0 aromatic heterocycles. The number of benzene rings is 2. The minimum absolute atomic E-state index is 0.0100. The summed E-state index contributed by atoms with van der Waals surface area (Å²) in [6, 6.07) is 0.281. The molecule has 14 atom stereocenters. The number of carbonyl (C=O) groups excluding carboxylic acids is 11. The monoisotopic (exact) mass is 1200 g/mol. The van der Waals surface area contributed by atoms with Crippen molar-refractivity contribution in [2.75, 3.05) is 46.4 Å². The molecule has 5 aliphatic heterocycles. The van der Waals surface area contributed by atoms with Gasteiger partial charge in [0.2, 0.25) is 59.1 Å². The van der Waals surface area contributed by atoms with Gasteiger partial charge in [0.1, 0.15) is 72.8 Å². The molecule has 14 unspecified atom stereocenters. The molecule has 10 amide bonds. The number of cyclic esters (lactones) is 1. The first-order valence-electron chi connectivity index (χ1n) is 29.7. The number of phenolic OH excluding ortho intramolecular Hbond substituents is 1. The first-order valence-corrected chi connectivity index (χ1v) is 29.7. The fourth-order valence-corrected chi connectivity index (χ4v) is 12.1. The average molecular weight is 1200 g/mol. The van der Waals surface area contributed by atoms with E-state index in [1.54, 1.807) is 51.1 Å². The van der Waals surface area contributed by atoms with E-state index < -0.39 is 163 Å². The molecule has 0 spiro atoms. The van der Waals surface area contributed by atoms with Crippen molar-refractivity contribution in [3.63, 3.8) is 0 Å². The Morgan fingerprint density at radius 3 is 1.86 bits per heavy atom. The average Bonchev–Trinajstić information content (AvgIpc) is 1.82. The van der Waals surface area contributed by atoms with Crippen LogP contribution in [0.25, 0.3) is 0 Å². The largest absolute Gasteiger partial charge is 0.508 e. The van der Waals surface area contributed by atoms with Crippen LogP contribution in [-0.4, -0.2) is 229 Å². The van der Waals surface area contributed by atoms with Gasteiger partial charge in [-0.1, -0.05) is 83.5 Å². The molecule has 0 bridgehead atoms. The maximum Gasteiger partial charge on any atom is 0.328 e. The number of phenols is 1. The quantitative estimate of drug-likeness (QED) is 0.106. The second-order valence-corrected chi connectivity index (χ2v) is 24.1. The summed E-state index contributed by atoms with van der Waals surface area (Å²) in [4.78, 5) is 165. The van der Waals surface area contributed by atoms with Crippen molar-refractivity contribution in [3.05, 3.63) is 65.7 Å². The van der Waals surface area contributed by atoms with Gasteiger partial charge in [0, 0.05) is 65.8 Å². The highest BCUT2D eigenvalue weighted by Gasteiger charge is 2.51. The van der Waals surface area contributed by atoms with Gasteiger partial charge < -0.3 is 76.2 Å². The van der Waals surface area contributed by atoms with Crippen LogP contribution >= 0.6 is 0 Å². The number of amides is 10. The maximum absolute atomic E-state index is 15.1. The lowest BCUT2D eigenvalue weighted by Gasteiger charge is -2.35. The number of hydrogen-bond acceptors (Lipinski definition) is 16. The zero-order valence-electron chi connectivity index (χ0n) is 49.9. The van der Waals surface area contributed by atoms with E-state index in [1.165, 1.54) is 52.9 Å². The van der Waals surface area contributed by atoms with Gasteiger partial charge in [-0.25, -0.2) is 4.79 Å². The summed E-state index contributed by atoms with van der Waals surface area (Å²) in [6.45, 7) is 7.42. The van der Waals surface area contributed by atoms with Crippen LogP contribution in [0, 0.1) is 17.8 Å². The Morgan fingerprint density at radius 2 is 1.27 bits per heavy atom. The van der Waals surface area contributed by atoms with Crippen LogP contribution in [0.15, 0.2) is 54.6 Å². The number of hydrogen-bond donors (Lipinski definition) is 9. The van der Waals surface area contributed by atoms with Crippen molar-refractivity contribution in [2.24, 2.45) is 17.8 Å². The highest BCUT2D eigenvalue weighted by molar-refractivity contribution is 6.00. The second kappa shape index (κ2) is 29.1. The Labute approximate surface area is 500 Å². The molecule has 0 saturated carbocycles. The first kappa shape index (κ1) is 65.8. The van der Waals surface area contributed by atoms with Crippen LogP contribution in [0.4, 0.5) is 0 Å². The van der Waals surface area contributed by atoms with Gasteiger partial charge in [0.15, 0.2) is 0 Å². The van der Waals surface area contributed by atoms with Gasteiger partial charge in [0.05, 0.1) is 18.8 Å². The third-order valence-corrected chi connectivity index (χ3v) is 17.1. The van der Waals surface area contributed by atoms with E-state index in [1.807, 2.05) is 13.8 Å². The van der Waals surface area contributed by atoms with Crippen LogP contribution in [0.5, 0.6) is 5.75 Å². The van der Waals surface area contributed by atoms with Crippen molar-refractivity contribution in [1.29, 1.82) is 0 Å². The molecule has 0 aliphatic carbocycles. The number of fused-ring (bicyclic) bond motifs is 4. The van der Waals surface area contributed by atoms with E-state index in [2.05, 4.69) is 26.6 Å². The highest BCUT2D eigenvalue weighted by Crippen LogP contribution is 2.32. The van der Waals surface area contributed by atoms with E-state index in [0.29, 0.717) is 24.0 Å². The molecule has 5 saturated heterocycles. The van der Waals surface area contributed by atoms with E-state index in [0.717, 1.165) is 9.80 Å². The molecule has 2 aromatic carbocycles. The lowest BCUT2D eigenvalue weighted by Crippen LogP contribution is -2.62. The zero-order valence-corrected chi connectivity index (χ0v) is 49.9. The van der Waals surface area contributed by atoms with E-state index in [-0.39, 0.29) is 82.2 Å². The molecule has 5 aliphatic rings. The molecule has 470 valence electrons. The maximum atomic E-state index is 15.1. The number of nitrogens with one attached hydrogen (secondary N) is 5. The molecular formula is C60H84N10O16. The van der Waals surface area contributed by atoms with Gasteiger partial charge in [-0.3, -0.25) is 47.9 Å². The summed E-state index contributed by atoms with van der Waals surface area (Å²) in [5, 5.41) is 56.4. The number of carbonyl (C=O) groups is 11. The summed E-state index contributed by atoms with van der Waals surface area (Å²) in [6.07, 6.45) is -2.56. The number of aromatic hydroxyl groups is 1. The molecule has 86 heavy (non-hydrogen) atoms. The summed E-state index contributed by atoms with van der Waals surface area (Å²) in [7, 11) is 1.42. The first-order chi connectivity index (χ1) is 40.8. The van der Waals surface area contributed by atoms with Crippen molar-refractivity contribution in [2.45, 2.75) is 172 Å². The van der Waals surface area contributed by atoms with E-state index >= 15 is 4.79 Å². The third kappa shape index (κ3) is 15.8. The lowest BCUT2D eigenvalue weighted by atomic mass is 9.95. The van der Waals surface area contributed by atoms with Crippen molar-refractivity contribution in [3.8, 4) is 5.75 Å². The normalized spacial score (nSPS) is 29.3. The number of ether oxygens (including phenoxy) is 1. The van der Waals surface area contributed by atoms with Crippen LogP contribution in [0.2, 0.25) is 0 Å². The molecule has 5 heterocycles. The van der Waals surface area contributed by atoms with E-state index in [9.17, 15) is 68.4 Å². The fraction of sp³-hybridized carbons (Fsp3) is 0.617. The zero-order chi connectivity index (χ0) is 62.8. The molecule has 5 fully saturated rings. The predicted molar refractivity (Wildman–Crippen MR) is 307 cm³/mol. The van der Waals surface area contributed by atoms with Gasteiger partial charge >= 0.3 is 5.97 Å². The molecule has 26 heteroatoms. The number of aliphatic hydroxyl groups excluding tert-OH is 3. The molecule has 7 rings (SSSR count). The second-order valence-electron chi connectivity index (χ2n) is 24.1. The summed E-state index contributed by atoms with van der Waals surface area (Å²) in [5.74, 6) is -10.3. The van der Waals surface area contributed by atoms with Gasteiger partial charge in [-0.05, 0) is 66.7 Å². The highest BCUT2D eigenvalue weighted by atomic mass is 16.5. The standard InChI is InChI=1S/C60H84N10O16/c1-8-34(5)50-55(80)62-42(23-37-16-18-38(73)19-17-37)51(76)63-43(30-71)56(81)69-28-39(74)25-47(69)59(84)70-29-40(75)26-48(70)58(83)68-27-33(4)22-49(68)60(85)86-31-44(64-54(79)46(66(7)35(6)72)24-36-13-10-9-11-14-36)57(82)67-20-12-15-45(67)53(78)61-41(21-32(2)3)52(77)65-50/h9-11,13-14,16-19,32-34,39-50,71,73-75H,8,12,15,20-31H2,1-7H3,(H,61,78)(H,62,80)(H,63,76)(H,64,79)(H,65,77). The van der Waals surface area contributed by atoms with Gasteiger partial charge in [0.25, 0.3) is 0 Å². The van der Waals surface area contributed by atoms with Crippen LogP contribution < -0.4 is 26.6 Å². The third-order valence-electron chi connectivity index (χ3n) is 17.1. The smallest absolute Gasteiger partial charge is 0.328 e. The number of aliphatic hydroxyl groups is 3. The fourth-order valence-electron chi connectivity index (χ4n) is 12.1. The van der Waals surface area contributed by atoms with Crippen molar-refractivity contribution >= 4 is 65.0 Å². The predicted octanol–water partition coefficient (Wildman–Crippen LogP) is -1.76. The van der Waals surface area contributed by atoms with Crippen LogP contribution in [0.1, 0.15) is 97.6 Å². The Morgan fingerprint density at radius 1 is 0.686 bits per heavy atom. The van der Waals surface area contributed by atoms with Crippen LogP contribution in [-0.2, 0) is 70.3 Å². The number of rotatable bonds is 12. The number of nitrogens with zero attached hydrogens (tertiary/aromatic N) is 5. The molecular weight excluding hydrogens is 1120 g/mol. The van der Waals surface area contributed by atoms with Gasteiger partial charge in [-0.2, -0.15) is 0 Å². The molecule has 0 radical (unpaired) electrons. The Kier molecular flexibility index (Phi) is 22.3. The Bertz CT molecular complexity index is 2820. The minimum Gasteiger partial charge on any atom is -0.508 e. The molecule has 2 aromatic rings. The summed E-state index contributed by atoms with van der Waals surface area (Å²) < 4.78 is 5.90. The van der Waals surface area contributed by atoms with E-state index in [4.69, 9.17) is 4.74 Å².